The molecule has 4 nitrogen and oxygen atoms in total. The Labute approximate surface area is 83.0 Å². The fourth-order valence-electron chi connectivity index (χ4n) is 0.799. The van der Waals surface area contributed by atoms with Gasteiger partial charge in [-0.25, -0.2) is 0 Å². The monoisotopic (exact) mass is 207 g/mol. The fourth-order valence-corrected chi connectivity index (χ4v) is 1.74. The normalized spacial score (nSPS) is 15.1. The molecule has 78 valence electrons. The number of carbonyl (C=O) groups excluding carboxylic acids is 1. The molecule has 0 aromatic heterocycles. The van der Waals surface area contributed by atoms with Crippen molar-refractivity contribution >= 4 is 17.7 Å². The van der Waals surface area contributed by atoms with Crippen molar-refractivity contribution in [1.82, 2.24) is 5.32 Å². The number of hydrogen-bond donors (Lipinski definition) is 2. The zero-order chi connectivity index (χ0) is 10.3. The summed E-state index contributed by atoms with van der Waals surface area (Å²) < 4.78 is 4.66. The van der Waals surface area contributed by atoms with E-state index in [2.05, 4.69) is 10.1 Å². The molecule has 5 heteroatoms. The van der Waals surface area contributed by atoms with Gasteiger partial charge in [0.1, 0.15) is 5.54 Å². The van der Waals surface area contributed by atoms with Gasteiger partial charge in [-0.1, -0.05) is 0 Å². The van der Waals surface area contributed by atoms with Gasteiger partial charge in [-0.15, -0.1) is 0 Å². The van der Waals surface area contributed by atoms with Gasteiger partial charge in [-0.05, 0) is 14.0 Å². The Balaban J connectivity index is 4.03. The van der Waals surface area contributed by atoms with Crippen LogP contribution in [-0.4, -0.2) is 48.9 Å². The van der Waals surface area contributed by atoms with E-state index in [4.69, 9.17) is 5.11 Å². The summed E-state index contributed by atoms with van der Waals surface area (Å²) in [6.45, 7) is 1.91. The maximum absolute atomic E-state index is 11.3. The topological polar surface area (TPSA) is 58.6 Å². The summed E-state index contributed by atoms with van der Waals surface area (Å²) in [6, 6.07) is 0. The molecular weight excluding hydrogens is 190 g/mol. The molecule has 2 N–H and O–H groups in total. The smallest absolute Gasteiger partial charge is 0.326 e. The van der Waals surface area contributed by atoms with Crippen molar-refractivity contribution in [3.63, 3.8) is 0 Å². The molecule has 0 spiro atoms. The van der Waals surface area contributed by atoms with Crippen LogP contribution < -0.4 is 5.32 Å². The third kappa shape index (κ3) is 3.97. The molecule has 0 aromatic carbocycles. The van der Waals surface area contributed by atoms with Crippen LogP contribution in [0, 0.1) is 0 Å². The van der Waals surface area contributed by atoms with Crippen molar-refractivity contribution in [2.45, 2.75) is 12.5 Å². The number of hydrogen-bond acceptors (Lipinski definition) is 5. The Morgan fingerprint density at radius 2 is 2.31 bits per heavy atom. The van der Waals surface area contributed by atoms with E-state index in [0.29, 0.717) is 11.5 Å². The highest BCUT2D eigenvalue weighted by Gasteiger charge is 2.32. The molecule has 0 saturated heterocycles. The minimum atomic E-state index is -0.658. The molecule has 0 fully saturated rings. The molecule has 13 heavy (non-hydrogen) atoms. The van der Waals surface area contributed by atoms with Gasteiger partial charge in [-0.3, -0.25) is 4.79 Å². The Kier molecular flexibility index (Phi) is 6.11. The highest BCUT2D eigenvalue weighted by molar-refractivity contribution is 7.99. The second-order valence-electron chi connectivity index (χ2n) is 2.85. The van der Waals surface area contributed by atoms with Crippen molar-refractivity contribution in [1.29, 1.82) is 0 Å². The Morgan fingerprint density at radius 1 is 1.69 bits per heavy atom. The first-order valence-electron chi connectivity index (χ1n) is 4.06. The van der Waals surface area contributed by atoms with E-state index in [9.17, 15) is 4.79 Å². The van der Waals surface area contributed by atoms with E-state index in [0.717, 1.165) is 0 Å². The highest BCUT2D eigenvalue weighted by Crippen LogP contribution is 2.13. The molecule has 0 aromatic rings. The van der Waals surface area contributed by atoms with Crippen LogP contribution >= 0.6 is 11.8 Å². The van der Waals surface area contributed by atoms with Crippen molar-refractivity contribution in [2.75, 3.05) is 32.3 Å². The first-order chi connectivity index (χ1) is 6.10. The van der Waals surface area contributed by atoms with Crippen LogP contribution in [0.1, 0.15) is 6.92 Å². The van der Waals surface area contributed by atoms with Crippen molar-refractivity contribution in [3.05, 3.63) is 0 Å². The van der Waals surface area contributed by atoms with Gasteiger partial charge in [-0.2, -0.15) is 11.8 Å². The van der Waals surface area contributed by atoms with Gasteiger partial charge >= 0.3 is 5.97 Å². The summed E-state index contributed by atoms with van der Waals surface area (Å²) >= 11 is 1.52. The molecule has 0 radical (unpaired) electrons. The van der Waals surface area contributed by atoms with E-state index in [-0.39, 0.29) is 12.6 Å². The van der Waals surface area contributed by atoms with E-state index in [1.165, 1.54) is 18.9 Å². The molecular formula is C8H17NO3S. The number of aliphatic hydroxyl groups is 1. The number of likely N-dealkylation sites (N-methyl/N-ethyl adjacent to an activating group) is 1. The first kappa shape index (κ1) is 12.7. The average Bonchev–Trinajstić information content (AvgIpc) is 2.16. The van der Waals surface area contributed by atoms with Crippen LogP contribution in [-0.2, 0) is 9.53 Å². The molecule has 0 aliphatic carbocycles. The quantitative estimate of drug-likeness (QED) is 0.469. The second-order valence-corrected chi connectivity index (χ2v) is 3.96. The van der Waals surface area contributed by atoms with Gasteiger partial charge in [0.15, 0.2) is 0 Å². The Morgan fingerprint density at radius 3 is 2.69 bits per heavy atom. The second kappa shape index (κ2) is 6.23. The van der Waals surface area contributed by atoms with Gasteiger partial charge in [0, 0.05) is 11.5 Å². The fraction of sp³-hybridized carbons (Fsp3) is 0.875. The molecule has 0 heterocycles. The van der Waals surface area contributed by atoms with Gasteiger partial charge in [0.2, 0.25) is 0 Å². The zero-order valence-electron chi connectivity index (χ0n) is 8.29. The lowest BCUT2D eigenvalue weighted by Crippen LogP contribution is -2.50. The molecule has 0 saturated carbocycles. The minimum Gasteiger partial charge on any atom is -0.468 e. The van der Waals surface area contributed by atoms with E-state index >= 15 is 0 Å². The highest BCUT2D eigenvalue weighted by atomic mass is 32.2. The standard InChI is InChI=1S/C8H17NO3S/c1-8(9-2,7(11)12-3)6-13-5-4-10/h9-10H,4-6H2,1-3H3. The van der Waals surface area contributed by atoms with Crippen LogP contribution in [0.5, 0.6) is 0 Å². The summed E-state index contributed by atoms with van der Waals surface area (Å²) in [6.07, 6.45) is 0. The summed E-state index contributed by atoms with van der Waals surface area (Å²) in [7, 11) is 3.09. The molecule has 0 aliphatic rings. The summed E-state index contributed by atoms with van der Waals surface area (Å²) in [5.41, 5.74) is -0.658. The summed E-state index contributed by atoms with van der Waals surface area (Å²) in [4.78, 5) is 11.3. The van der Waals surface area contributed by atoms with Crippen molar-refractivity contribution in [2.24, 2.45) is 0 Å². The summed E-state index contributed by atoms with van der Waals surface area (Å²) in [5.74, 6) is 0.950. The first-order valence-corrected chi connectivity index (χ1v) is 5.22. The lowest BCUT2D eigenvalue weighted by Gasteiger charge is -2.25. The zero-order valence-corrected chi connectivity index (χ0v) is 9.11. The largest absolute Gasteiger partial charge is 0.468 e. The number of thioether (sulfide) groups is 1. The number of aliphatic hydroxyl groups excluding tert-OH is 1. The number of methoxy groups -OCH3 is 1. The predicted octanol–water partition coefficient (Wildman–Crippen LogP) is -0.137. The van der Waals surface area contributed by atoms with Crippen LogP contribution in [0.15, 0.2) is 0 Å². The van der Waals surface area contributed by atoms with Crippen LogP contribution in [0.4, 0.5) is 0 Å². The number of ether oxygens (including phenoxy) is 1. The van der Waals surface area contributed by atoms with E-state index in [1.54, 1.807) is 14.0 Å². The predicted molar refractivity (Wildman–Crippen MR) is 53.9 cm³/mol. The SMILES string of the molecule is CNC(C)(CSCCO)C(=O)OC. The number of nitrogens with one attached hydrogen (secondary N) is 1. The molecule has 0 amide bonds. The van der Waals surface area contributed by atoms with E-state index in [1.807, 2.05) is 0 Å². The third-order valence-electron chi connectivity index (χ3n) is 1.81. The van der Waals surface area contributed by atoms with Crippen LogP contribution in [0.3, 0.4) is 0 Å². The van der Waals surface area contributed by atoms with Crippen LogP contribution in [0.25, 0.3) is 0 Å². The van der Waals surface area contributed by atoms with E-state index < -0.39 is 5.54 Å². The van der Waals surface area contributed by atoms with Crippen molar-refractivity contribution in [3.8, 4) is 0 Å². The minimum absolute atomic E-state index is 0.131. The lowest BCUT2D eigenvalue weighted by atomic mass is 10.1. The van der Waals surface area contributed by atoms with Crippen molar-refractivity contribution < 1.29 is 14.6 Å². The molecule has 1 atom stereocenters. The maximum atomic E-state index is 11.3. The average molecular weight is 207 g/mol. The number of carbonyl (C=O) groups is 1. The lowest BCUT2D eigenvalue weighted by molar-refractivity contribution is -0.146. The number of rotatable bonds is 6. The van der Waals surface area contributed by atoms with Gasteiger partial charge in [0.05, 0.1) is 13.7 Å². The molecule has 0 aliphatic heterocycles. The Hall–Kier alpha value is -0.260. The van der Waals surface area contributed by atoms with Gasteiger partial charge < -0.3 is 15.2 Å². The maximum Gasteiger partial charge on any atom is 0.326 e. The number of esters is 1. The van der Waals surface area contributed by atoms with Crippen LogP contribution in [0.2, 0.25) is 0 Å². The molecule has 0 rings (SSSR count). The molecule has 0 bridgehead atoms. The Bertz CT molecular complexity index is 165. The summed E-state index contributed by atoms with van der Waals surface area (Å²) in [5, 5.41) is 11.5. The van der Waals surface area contributed by atoms with Gasteiger partial charge in [0.25, 0.3) is 0 Å². The molecule has 1 unspecified atom stereocenters. The third-order valence-corrected chi connectivity index (χ3v) is 3.07.